The molecule has 29 heavy (non-hydrogen) atoms. The molecule has 0 saturated carbocycles. The van der Waals surface area contributed by atoms with Crippen LogP contribution in [0.2, 0.25) is 5.02 Å². The fourth-order valence-corrected chi connectivity index (χ4v) is 5.58. The van der Waals surface area contributed by atoms with Crippen LogP contribution in [0.25, 0.3) is 0 Å². The van der Waals surface area contributed by atoms with Gasteiger partial charge < -0.3 is 0 Å². The number of ketones is 1. The molecule has 2 aromatic carbocycles. The quantitative estimate of drug-likeness (QED) is 0.547. The molecule has 154 valence electrons. The third-order valence-corrected chi connectivity index (χ3v) is 7.44. The molecule has 2 aliphatic rings. The number of carbonyl (C=O) groups excluding carboxylic acids is 1. The van der Waals surface area contributed by atoms with E-state index < -0.39 is 0 Å². The first kappa shape index (κ1) is 20.6. The number of fused-ring (bicyclic) bond motifs is 4. The second-order valence-electron chi connectivity index (χ2n) is 9.51. The molecule has 2 atom stereocenters. The Balaban J connectivity index is 1.46. The Morgan fingerprint density at radius 2 is 1.86 bits per heavy atom. The molecule has 4 rings (SSSR count). The molecule has 0 N–H and O–H groups in total. The van der Waals surface area contributed by atoms with Gasteiger partial charge in [-0.3, -0.25) is 9.69 Å². The van der Waals surface area contributed by atoms with E-state index in [4.69, 9.17) is 11.6 Å². The highest BCUT2D eigenvalue weighted by Crippen LogP contribution is 2.52. The van der Waals surface area contributed by atoms with Gasteiger partial charge in [0.15, 0.2) is 5.78 Å². The van der Waals surface area contributed by atoms with Crippen molar-refractivity contribution in [2.75, 3.05) is 13.1 Å². The van der Waals surface area contributed by atoms with Crippen molar-refractivity contribution in [3.8, 4) is 0 Å². The zero-order valence-electron chi connectivity index (χ0n) is 17.5. The number of halogens is 2. The van der Waals surface area contributed by atoms with Crippen LogP contribution >= 0.6 is 11.6 Å². The summed E-state index contributed by atoms with van der Waals surface area (Å²) < 4.78 is 13.1. The molecular formula is C25H29ClFNO. The molecule has 1 heterocycles. The Labute approximate surface area is 178 Å². The van der Waals surface area contributed by atoms with Crippen molar-refractivity contribution in [2.24, 2.45) is 0 Å². The molecule has 0 amide bonds. The lowest BCUT2D eigenvalue weighted by Gasteiger charge is -2.57. The standard InChI is InChI=1S/C25H29ClFNO/c1-24(2)20-11-8-18(26)15-21(20)25(3)12-14-28(23(24)16-25)13-4-5-22(29)17-6-9-19(27)10-7-17/h6-11,15,23H,4-5,12-14,16H2,1-3H3. The maximum Gasteiger partial charge on any atom is 0.162 e. The van der Waals surface area contributed by atoms with Crippen LogP contribution in [0.3, 0.4) is 0 Å². The van der Waals surface area contributed by atoms with E-state index in [0.29, 0.717) is 18.0 Å². The van der Waals surface area contributed by atoms with Gasteiger partial charge in [0.2, 0.25) is 0 Å². The molecule has 1 saturated heterocycles. The van der Waals surface area contributed by atoms with Crippen LogP contribution < -0.4 is 0 Å². The van der Waals surface area contributed by atoms with Gasteiger partial charge in [0.25, 0.3) is 0 Å². The van der Waals surface area contributed by atoms with Gasteiger partial charge in [-0.05, 0) is 85.3 Å². The van der Waals surface area contributed by atoms with E-state index in [0.717, 1.165) is 37.4 Å². The first-order valence-electron chi connectivity index (χ1n) is 10.5. The van der Waals surface area contributed by atoms with E-state index in [9.17, 15) is 9.18 Å². The first-order valence-corrected chi connectivity index (χ1v) is 10.9. The summed E-state index contributed by atoms with van der Waals surface area (Å²) in [7, 11) is 0. The van der Waals surface area contributed by atoms with Crippen molar-refractivity contribution in [3.05, 3.63) is 70.0 Å². The van der Waals surface area contributed by atoms with Crippen LogP contribution in [0.4, 0.5) is 4.39 Å². The van der Waals surface area contributed by atoms with Crippen molar-refractivity contribution < 1.29 is 9.18 Å². The fraction of sp³-hybridized carbons (Fsp3) is 0.480. The largest absolute Gasteiger partial charge is 0.299 e. The summed E-state index contributed by atoms with van der Waals surface area (Å²) in [5.74, 6) is -0.214. The minimum atomic E-state index is -0.306. The normalized spacial score (nSPS) is 25.5. The maximum absolute atomic E-state index is 13.1. The number of benzene rings is 2. The molecule has 1 aliphatic heterocycles. The highest BCUT2D eigenvalue weighted by atomic mass is 35.5. The number of carbonyl (C=O) groups is 1. The van der Waals surface area contributed by atoms with Crippen molar-refractivity contribution >= 4 is 17.4 Å². The Hall–Kier alpha value is -1.71. The van der Waals surface area contributed by atoms with Gasteiger partial charge >= 0.3 is 0 Å². The topological polar surface area (TPSA) is 20.3 Å². The van der Waals surface area contributed by atoms with E-state index in [1.807, 2.05) is 6.07 Å². The van der Waals surface area contributed by atoms with Gasteiger partial charge in [-0.2, -0.15) is 0 Å². The van der Waals surface area contributed by atoms with Crippen LogP contribution in [0.5, 0.6) is 0 Å². The zero-order valence-corrected chi connectivity index (χ0v) is 18.2. The number of piperidine rings is 1. The van der Waals surface area contributed by atoms with Crippen LogP contribution in [0, 0.1) is 5.82 Å². The number of hydrogen-bond donors (Lipinski definition) is 0. The van der Waals surface area contributed by atoms with Gasteiger partial charge in [-0.15, -0.1) is 0 Å². The summed E-state index contributed by atoms with van der Waals surface area (Å²) >= 11 is 6.33. The number of likely N-dealkylation sites (tertiary alicyclic amines) is 1. The van der Waals surface area contributed by atoms with Gasteiger partial charge in [0.05, 0.1) is 0 Å². The van der Waals surface area contributed by atoms with Crippen LogP contribution in [-0.4, -0.2) is 29.8 Å². The minimum Gasteiger partial charge on any atom is -0.299 e. The third-order valence-electron chi connectivity index (χ3n) is 7.21. The molecule has 2 bridgehead atoms. The molecular weight excluding hydrogens is 385 g/mol. The first-order chi connectivity index (χ1) is 13.7. The highest BCUT2D eigenvalue weighted by Gasteiger charge is 2.50. The van der Waals surface area contributed by atoms with E-state index in [-0.39, 0.29) is 22.4 Å². The molecule has 1 fully saturated rings. The Bertz CT molecular complexity index is 923. The second kappa shape index (κ2) is 7.52. The van der Waals surface area contributed by atoms with E-state index >= 15 is 0 Å². The lowest BCUT2D eigenvalue weighted by atomic mass is 9.56. The highest BCUT2D eigenvalue weighted by molar-refractivity contribution is 6.30. The number of Topliss-reactive ketones (excluding diaryl/α,β-unsaturated/α-hetero) is 1. The summed E-state index contributed by atoms with van der Waals surface area (Å²) in [5, 5.41) is 0.820. The molecule has 0 aromatic heterocycles. The molecule has 2 unspecified atom stereocenters. The van der Waals surface area contributed by atoms with Gasteiger partial charge in [0.1, 0.15) is 5.82 Å². The van der Waals surface area contributed by atoms with Crippen LogP contribution in [0.15, 0.2) is 42.5 Å². The molecule has 2 aromatic rings. The molecule has 2 nitrogen and oxygen atoms in total. The van der Waals surface area contributed by atoms with Crippen molar-refractivity contribution in [3.63, 3.8) is 0 Å². The van der Waals surface area contributed by atoms with Crippen molar-refractivity contribution in [2.45, 2.75) is 63.3 Å². The summed E-state index contributed by atoms with van der Waals surface area (Å²) in [5.41, 5.74) is 3.63. The average Bonchev–Trinajstić information content (AvgIpc) is 2.68. The monoisotopic (exact) mass is 413 g/mol. The fourth-order valence-electron chi connectivity index (χ4n) is 5.41. The SMILES string of the molecule is CC12CCN(CCCC(=O)c3ccc(F)cc3)C(C1)C(C)(C)c1ccc(Cl)cc12. The van der Waals surface area contributed by atoms with Crippen LogP contribution in [-0.2, 0) is 10.8 Å². The zero-order chi connectivity index (χ0) is 20.8. The summed E-state index contributed by atoms with van der Waals surface area (Å²) in [6, 6.07) is 12.7. The molecule has 4 heteroatoms. The Morgan fingerprint density at radius 1 is 1.14 bits per heavy atom. The lowest BCUT2D eigenvalue weighted by Crippen LogP contribution is -2.59. The van der Waals surface area contributed by atoms with E-state index in [1.165, 1.54) is 23.3 Å². The second-order valence-corrected chi connectivity index (χ2v) is 9.95. The molecule has 1 aliphatic carbocycles. The van der Waals surface area contributed by atoms with E-state index in [1.54, 1.807) is 12.1 Å². The predicted octanol–water partition coefficient (Wildman–Crippen LogP) is 6.16. The number of nitrogens with zero attached hydrogens (tertiary/aromatic N) is 1. The Kier molecular flexibility index (Phi) is 5.33. The van der Waals surface area contributed by atoms with E-state index in [2.05, 4.69) is 37.8 Å². The molecule has 0 spiro atoms. The summed E-state index contributed by atoms with van der Waals surface area (Å²) in [6.45, 7) is 9.01. The Morgan fingerprint density at radius 3 is 2.59 bits per heavy atom. The van der Waals surface area contributed by atoms with Gasteiger partial charge in [-0.1, -0.05) is 38.4 Å². The maximum atomic E-state index is 13.1. The number of rotatable bonds is 5. The van der Waals surface area contributed by atoms with Gasteiger partial charge in [0, 0.05) is 28.5 Å². The smallest absolute Gasteiger partial charge is 0.162 e. The summed E-state index contributed by atoms with van der Waals surface area (Å²) in [6.07, 6.45) is 3.56. The average molecular weight is 414 g/mol. The van der Waals surface area contributed by atoms with Crippen molar-refractivity contribution in [1.82, 2.24) is 4.90 Å². The predicted molar refractivity (Wildman–Crippen MR) is 116 cm³/mol. The minimum absolute atomic E-state index is 0.0425. The van der Waals surface area contributed by atoms with Gasteiger partial charge in [-0.25, -0.2) is 4.39 Å². The summed E-state index contributed by atoms with van der Waals surface area (Å²) in [4.78, 5) is 15.0. The van der Waals surface area contributed by atoms with Crippen LogP contribution in [0.1, 0.15) is 67.9 Å². The number of hydrogen-bond acceptors (Lipinski definition) is 2. The third kappa shape index (κ3) is 3.75. The van der Waals surface area contributed by atoms with Crippen molar-refractivity contribution in [1.29, 1.82) is 0 Å². The lowest BCUT2D eigenvalue weighted by molar-refractivity contribution is 0.0376. The molecule has 0 radical (unpaired) electrons.